The smallest absolute Gasteiger partial charge is 0.373 e. The van der Waals surface area contributed by atoms with Crippen molar-refractivity contribution in [2.45, 2.75) is 32.5 Å². The fraction of sp³-hybridized carbons (Fsp3) is 0.333. The average Bonchev–Trinajstić information content (AvgIpc) is 2.78. The Bertz CT molecular complexity index is 707. The molecular weight excluding hydrogens is 380 g/mol. The van der Waals surface area contributed by atoms with Gasteiger partial charge < -0.3 is 9.47 Å². The highest BCUT2D eigenvalue weighted by molar-refractivity contribution is 5.89. The van der Waals surface area contributed by atoms with E-state index in [0.29, 0.717) is 24.3 Å². The largest absolute Gasteiger partial charge is 0.497 e. The summed E-state index contributed by atoms with van der Waals surface area (Å²) in [5.74, 6) is -0.201. The average molecular weight is 404 g/mol. The van der Waals surface area contributed by atoms with Gasteiger partial charge in [0.2, 0.25) is 6.29 Å². The van der Waals surface area contributed by atoms with Crippen molar-refractivity contribution in [2.24, 2.45) is 0 Å². The summed E-state index contributed by atoms with van der Waals surface area (Å²) in [4.78, 5) is 43.9. The third-order valence-corrected chi connectivity index (χ3v) is 3.91. The van der Waals surface area contributed by atoms with Gasteiger partial charge in [0.25, 0.3) is 0 Å². The van der Waals surface area contributed by atoms with Crippen LogP contribution in [0.3, 0.4) is 0 Å². The lowest BCUT2D eigenvalue weighted by Crippen LogP contribution is -2.22. The molecular formula is C21H24O8. The van der Waals surface area contributed by atoms with Crippen molar-refractivity contribution < 1.29 is 38.6 Å². The van der Waals surface area contributed by atoms with Crippen LogP contribution in [0.1, 0.15) is 46.9 Å². The van der Waals surface area contributed by atoms with Crippen LogP contribution in [0.4, 0.5) is 0 Å². The zero-order valence-electron chi connectivity index (χ0n) is 16.6. The summed E-state index contributed by atoms with van der Waals surface area (Å²) >= 11 is 0. The zero-order valence-corrected chi connectivity index (χ0v) is 16.6. The Balaban J connectivity index is 1.88. The molecule has 2 aromatic rings. The number of benzene rings is 2. The molecule has 0 fully saturated rings. The van der Waals surface area contributed by atoms with E-state index >= 15 is 0 Å². The van der Waals surface area contributed by atoms with Gasteiger partial charge in [-0.05, 0) is 55.0 Å². The van der Waals surface area contributed by atoms with Gasteiger partial charge >= 0.3 is 11.9 Å². The molecule has 0 N–H and O–H groups in total. The highest BCUT2D eigenvalue weighted by atomic mass is 17.3. The van der Waals surface area contributed by atoms with Gasteiger partial charge in [0.1, 0.15) is 11.5 Å². The Kier molecular flexibility index (Phi) is 8.94. The summed E-state index contributed by atoms with van der Waals surface area (Å²) in [7, 11) is 3.05. The van der Waals surface area contributed by atoms with Gasteiger partial charge in [0.05, 0.1) is 25.3 Å². The highest BCUT2D eigenvalue weighted by Gasteiger charge is 2.19. The van der Waals surface area contributed by atoms with Gasteiger partial charge in [-0.1, -0.05) is 13.3 Å². The van der Waals surface area contributed by atoms with Gasteiger partial charge in [-0.2, -0.15) is 0 Å². The second-order valence-corrected chi connectivity index (χ2v) is 5.96. The molecule has 8 nitrogen and oxygen atoms in total. The molecule has 0 atom stereocenters. The number of carbonyl (C=O) groups is 2. The molecule has 0 amide bonds. The molecule has 29 heavy (non-hydrogen) atoms. The van der Waals surface area contributed by atoms with E-state index in [1.54, 1.807) is 24.3 Å². The van der Waals surface area contributed by atoms with E-state index in [4.69, 9.17) is 29.0 Å². The molecule has 0 radical (unpaired) electrons. The third kappa shape index (κ3) is 7.10. The Morgan fingerprint density at radius 1 is 0.759 bits per heavy atom. The monoisotopic (exact) mass is 404 g/mol. The Morgan fingerprint density at radius 2 is 1.17 bits per heavy atom. The second-order valence-electron chi connectivity index (χ2n) is 5.96. The molecule has 156 valence electrons. The summed E-state index contributed by atoms with van der Waals surface area (Å²) in [5.41, 5.74) is 0.547. The normalized spacial score (nSPS) is 10.5. The van der Waals surface area contributed by atoms with Crippen molar-refractivity contribution in [2.75, 3.05) is 14.2 Å². The molecule has 0 unspecified atom stereocenters. The van der Waals surface area contributed by atoms with Crippen molar-refractivity contribution in [1.82, 2.24) is 0 Å². The van der Waals surface area contributed by atoms with Gasteiger partial charge in [-0.3, -0.25) is 9.78 Å². The summed E-state index contributed by atoms with van der Waals surface area (Å²) in [6, 6.07) is 12.6. The topological polar surface area (TPSA) is 89.5 Å². The predicted molar refractivity (Wildman–Crippen MR) is 102 cm³/mol. The van der Waals surface area contributed by atoms with E-state index in [9.17, 15) is 9.59 Å². The molecule has 0 saturated heterocycles. The summed E-state index contributed by atoms with van der Waals surface area (Å²) in [5, 5.41) is 0. The van der Waals surface area contributed by atoms with Crippen LogP contribution < -0.4 is 9.47 Å². The lowest BCUT2D eigenvalue weighted by molar-refractivity contribution is -0.421. The molecule has 0 saturated carbocycles. The molecule has 2 aromatic carbocycles. The maximum Gasteiger partial charge on any atom is 0.373 e. The van der Waals surface area contributed by atoms with Crippen molar-refractivity contribution in [3.63, 3.8) is 0 Å². The molecule has 0 aliphatic rings. The highest BCUT2D eigenvalue weighted by Crippen LogP contribution is 2.16. The second kappa shape index (κ2) is 11.7. The fourth-order valence-electron chi connectivity index (χ4n) is 2.23. The lowest BCUT2D eigenvalue weighted by atomic mass is 10.2. The number of rotatable bonds is 11. The maximum atomic E-state index is 12.1. The number of hydrogen-bond donors (Lipinski definition) is 0. The van der Waals surface area contributed by atoms with E-state index in [2.05, 4.69) is 0 Å². The van der Waals surface area contributed by atoms with Crippen LogP contribution in [-0.2, 0) is 19.6 Å². The molecule has 0 aliphatic carbocycles. The molecule has 0 aliphatic heterocycles. The first-order chi connectivity index (χ1) is 14.1. The zero-order chi connectivity index (χ0) is 21.1. The van der Waals surface area contributed by atoms with Crippen molar-refractivity contribution in [3.05, 3.63) is 59.7 Å². The number of unbranched alkanes of at least 4 members (excludes halogenated alkanes) is 1. The number of carbonyl (C=O) groups excluding carboxylic acids is 2. The number of hydrogen-bond acceptors (Lipinski definition) is 8. The van der Waals surface area contributed by atoms with Crippen LogP contribution in [0, 0.1) is 0 Å². The van der Waals surface area contributed by atoms with Gasteiger partial charge in [0, 0.05) is 6.42 Å². The fourth-order valence-corrected chi connectivity index (χ4v) is 2.23. The van der Waals surface area contributed by atoms with E-state index < -0.39 is 18.2 Å². The predicted octanol–water partition coefficient (Wildman–Crippen LogP) is 4.10. The molecule has 0 aromatic heterocycles. The van der Waals surface area contributed by atoms with Gasteiger partial charge in [-0.25, -0.2) is 9.59 Å². The summed E-state index contributed by atoms with van der Waals surface area (Å²) in [6.45, 7) is 1.98. The first kappa shape index (κ1) is 22.2. The van der Waals surface area contributed by atoms with Crippen molar-refractivity contribution in [3.8, 4) is 11.5 Å². The first-order valence-corrected chi connectivity index (χ1v) is 9.10. The Morgan fingerprint density at radius 3 is 1.52 bits per heavy atom. The first-order valence-electron chi connectivity index (χ1n) is 9.10. The summed E-state index contributed by atoms with van der Waals surface area (Å²) < 4.78 is 10.1. The number of methoxy groups -OCH3 is 2. The van der Waals surface area contributed by atoms with E-state index in [-0.39, 0.29) is 11.1 Å². The van der Waals surface area contributed by atoms with Crippen LogP contribution in [0.15, 0.2) is 48.5 Å². The minimum absolute atomic E-state index is 0.273. The van der Waals surface area contributed by atoms with Crippen LogP contribution in [0.25, 0.3) is 0 Å². The summed E-state index contributed by atoms with van der Waals surface area (Å²) in [6.07, 6.45) is 0.870. The molecule has 8 heteroatoms. The Labute approximate surface area is 169 Å². The molecule has 2 rings (SSSR count). The van der Waals surface area contributed by atoms with E-state index in [1.165, 1.54) is 38.5 Å². The van der Waals surface area contributed by atoms with Crippen molar-refractivity contribution >= 4 is 11.9 Å². The quantitative estimate of drug-likeness (QED) is 0.314. The van der Waals surface area contributed by atoms with Crippen LogP contribution >= 0.6 is 0 Å². The Hall–Kier alpha value is -3.10. The van der Waals surface area contributed by atoms with E-state index in [1.807, 2.05) is 6.92 Å². The SMILES string of the molecule is CCCCC(OOC(=O)c1ccc(OC)cc1)OOC(=O)c1ccc(OC)cc1. The lowest BCUT2D eigenvalue weighted by Gasteiger charge is -2.15. The maximum absolute atomic E-state index is 12.1. The minimum Gasteiger partial charge on any atom is -0.497 e. The van der Waals surface area contributed by atoms with Crippen LogP contribution in [-0.4, -0.2) is 32.4 Å². The third-order valence-electron chi connectivity index (χ3n) is 3.91. The van der Waals surface area contributed by atoms with Gasteiger partial charge in [0.15, 0.2) is 0 Å². The van der Waals surface area contributed by atoms with E-state index in [0.717, 1.165) is 6.42 Å². The molecule has 0 heterocycles. The van der Waals surface area contributed by atoms with Crippen molar-refractivity contribution in [1.29, 1.82) is 0 Å². The van der Waals surface area contributed by atoms with Gasteiger partial charge in [-0.15, -0.1) is 9.78 Å². The van der Waals surface area contributed by atoms with Crippen LogP contribution in [0.5, 0.6) is 11.5 Å². The molecule has 0 bridgehead atoms. The minimum atomic E-state index is -1.06. The number of ether oxygens (including phenoxy) is 2. The van der Waals surface area contributed by atoms with Crippen LogP contribution in [0.2, 0.25) is 0 Å². The standard InChI is InChI=1S/C21H24O8/c1-4-5-6-19(26-28-20(22)15-7-11-17(24-2)12-8-15)27-29-21(23)16-9-13-18(25-3)14-10-16/h7-14,19H,4-6H2,1-3H3. The molecule has 0 spiro atoms.